The van der Waals surface area contributed by atoms with Crippen LogP contribution in [-0.4, -0.2) is 47.4 Å². The topological polar surface area (TPSA) is 104 Å². The van der Waals surface area contributed by atoms with Crippen molar-refractivity contribution in [2.75, 3.05) is 6.61 Å². The number of carbonyl (C=O) groups is 2. The summed E-state index contributed by atoms with van der Waals surface area (Å²) >= 11 is 13.7. The number of carbonyl (C=O) groups excluding carboxylic acids is 1. The minimum atomic E-state index is -0.972. The van der Waals surface area contributed by atoms with Crippen LogP contribution in [0.25, 0.3) is 32.9 Å². The van der Waals surface area contributed by atoms with Crippen LogP contribution < -0.4 is 4.74 Å². The Morgan fingerprint density at radius 2 is 1.73 bits per heavy atom. The Kier molecular flexibility index (Phi) is 12.2. The molecule has 0 amide bonds. The maximum Gasteiger partial charge on any atom is 0.352 e. The Bertz CT molecular complexity index is 2850. The van der Waals surface area contributed by atoms with Crippen LogP contribution in [0.4, 0.5) is 0 Å². The van der Waals surface area contributed by atoms with E-state index in [1.165, 1.54) is 0 Å². The molecule has 2 atom stereocenters. The lowest BCUT2D eigenvalue weighted by Crippen LogP contribution is -2.12. The van der Waals surface area contributed by atoms with Gasteiger partial charge in [0.05, 0.1) is 46.3 Å². The number of pyridine rings is 1. The van der Waals surface area contributed by atoms with Crippen LogP contribution in [-0.2, 0) is 26.4 Å². The first-order valence-corrected chi connectivity index (χ1v) is 22.5. The van der Waals surface area contributed by atoms with Gasteiger partial charge in [0, 0.05) is 58.3 Å². The number of nitrogens with zero attached hydrogens (tertiary/aromatic N) is 5. The second-order valence-corrected chi connectivity index (χ2v) is 18.4. The lowest BCUT2D eigenvalue weighted by Gasteiger charge is -2.21. The highest BCUT2D eigenvalue weighted by Gasteiger charge is 2.34. The number of ether oxygens (including phenoxy) is 1. The minimum absolute atomic E-state index is 0.0166. The Hall–Kier alpha value is -5.38. The van der Waals surface area contributed by atoms with Crippen molar-refractivity contribution in [3.8, 4) is 16.9 Å². The van der Waals surface area contributed by atoms with E-state index in [9.17, 15) is 14.7 Å². The van der Waals surface area contributed by atoms with E-state index in [-0.39, 0.29) is 29.4 Å². The van der Waals surface area contributed by atoms with Crippen molar-refractivity contribution in [2.24, 2.45) is 13.0 Å². The summed E-state index contributed by atoms with van der Waals surface area (Å²) in [5, 5.41) is 18.5. The van der Waals surface area contributed by atoms with E-state index < -0.39 is 5.97 Å². The molecule has 0 bridgehead atoms. The van der Waals surface area contributed by atoms with Gasteiger partial charge in [-0.25, -0.2) is 4.79 Å². The number of aromatic carboxylic acids is 1. The molecule has 9 nitrogen and oxygen atoms in total. The highest BCUT2D eigenvalue weighted by molar-refractivity contribution is 6.35. The molecular weight excluding hydrogens is 817 g/mol. The van der Waals surface area contributed by atoms with E-state index in [1.54, 1.807) is 12.3 Å². The first kappa shape index (κ1) is 43.3. The molecule has 0 saturated carbocycles. The van der Waals surface area contributed by atoms with Crippen LogP contribution in [0.5, 0.6) is 5.75 Å². The van der Waals surface area contributed by atoms with Crippen LogP contribution in [0.1, 0.15) is 124 Å². The SMILES string of the molecule is Cc1cc(OCCCc2c3n(c4c(-c5c(C)nn(C)c5C)c(Cl)ccc24)[C@H](C)CC(CCc2cc(C(C)C)cc4cc(C(=O)O)n(Cc5ccccn5)c24)CC3=O)cc(C)c1Cl. The van der Waals surface area contributed by atoms with Crippen molar-refractivity contribution in [2.45, 2.75) is 105 Å². The van der Waals surface area contributed by atoms with Crippen molar-refractivity contribution >= 4 is 56.8 Å². The van der Waals surface area contributed by atoms with Crippen molar-refractivity contribution in [3.05, 3.63) is 133 Å². The largest absolute Gasteiger partial charge is 0.494 e. The number of rotatable bonds is 13. The van der Waals surface area contributed by atoms with E-state index in [0.29, 0.717) is 43.9 Å². The van der Waals surface area contributed by atoms with Gasteiger partial charge in [0.2, 0.25) is 0 Å². The van der Waals surface area contributed by atoms with Crippen molar-refractivity contribution in [1.29, 1.82) is 0 Å². The molecule has 322 valence electrons. The Balaban J connectivity index is 1.17. The molecule has 0 fully saturated rings. The number of halogens is 2. The average molecular weight is 873 g/mol. The number of aromatic nitrogens is 5. The highest BCUT2D eigenvalue weighted by atomic mass is 35.5. The van der Waals surface area contributed by atoms with Crippen LogP contribution >= 0.6 is 23.2 Å². The summed E-state index contributed by atoms with van der Waals surface area (Å²) in [6.07, 6.45) is 5.76. The number of carboxylic acid groups (broad SMARTS) is 1. The lowest BCUT2D eigenvalue weighted by molar-refractivity contribution is 0.0686. The normalized spacial score (nSPS) is 15.5. The van der Waals surface area contributed by atoms with Crippen LogP contribution in [0.15, 0.2) is 66.9 Å². The lowest BCUT2D eigenvalue weighted by atomic mass is 9.88. The molecule has 3 aromatic carbocycles. The van der Waals surface area contributed by atoms with E-state index in [0.717, 1.165) is 107 Å². The van der Waals surface area contributed by atoms with E-state index >= 15 is 0 Å². The molecule has 62 heavy (non-hydrogen) atoms. The molecule has 1 N–H and O–H groups in total. The van der Waals surface area contributed by atoms with Gasteiger partial charge < -0.3 is 19.0 Å². The van der Waals surface area contributed by atoms with Crippen LogP contribution in [0.2, 0.25) is 10.0 Å². The molecule has 8 rings (SSSR count). The molecule has 1 aliphatic rings. The van der Waals surface area contributed by atoms with Crippen molar-refractivity contribution < 1.29 is 19.4 Å². The Morgan fingerprint density at radius 1 is 0.968 bits per heavy atom. The van der Waals surface area contributed by atoms with Gasteiger partial charge in [0.1, 0.15) is 11.4 Å². The smallest absolute Gasteiger partial charge is 0.352 e. The average Bonchev–Trinajstić information content (AvgIpc) is 3.82. The number of benzene rings is 3. The molecule has 4 aromatic heterocycles. The number of aryl methyl sites for hydroxylation is 6. The zero-order chi connectivity index (χ0) is 44.1. The summed E-state index contributed by atoms with van der Waals surface area (Å²) in [5.74, 6) is 0.277. The predicted molar refractivity (Wildman–Crippen MR) is 250 cm³/mol. The number of ketones is 1. The van der Waals surface area contributed by atoms with Gasteiger partial charge in [-0.1, -0.05) is 55.2 Å². The maximum absolute atomic E-state index is 15.0. The van der Waals surface area contributed by atoms with E-state index in [4.69, 9.17) is 33.0 Å². The third kappa shape index (κ3) is 8.06. The standard InChI is InChI=1S/C51H55Cl2N5O4/c1-28(2)36-24-35(48-37(25-36)26-43(51(60)61)57(48)27-38-12-9-10-18-54-38)15-14-34-22-31(5)58-49(44(59)23-34)40(13-11-19-62-39-20-29(3)47(53)30(4)21-39)41-16-17-42(52)46(50(41)58)45-32(6)55-56(8)33(45)7/h9-10,12,16-18,20-21,24-26,28,31,34H,11,13-15,19,22-23,27H2,1-8H3,(H,60,61)/t31-,34?/m1/s1. The molecule has 0 radical (unpaired) electrons. The molecule has 1 unspecified atom stereocenters. The fourth-order valence-electron chi connectivity index (χ4n) is 9.90. The predicted octanol–water partition coefficient (Wildman–Crippen LogP) is 12.6. The molecule has 5 heterocycles. The van der Waals surface area contributed by atoms with Gasteiger partial charge in [-0.3, -0.25) is 14.5 Å². The molecule has 7 aromatic rings. The van der Waals surface area contributed by atoms with Gasteiger partial charge >= 0.3 is 5.97 Å². The van der Waals surface area contributed by atoms with E-state index in [2.05, 4.69) is 55.4 Å². The fraction of sp³-hybridized carbons (Fsp3) is 0.373. The molecule has 1 aliphatic heterocycles. The van der Waals surface area contributed by atoms with Crippen LogP contribution in [0.3, 0.4) is 0 Å². The monoisotopic (exact) mass is 871 g/mol. The van der Waals surface area contributed by atoms with E-state index in [1.807, 2.05) is 73.5 Å². The van der Waals surface area contributed by atoms with Gasteiger partial charge in [0.15, 0.2) is 5.78 Å². The Morgan fingerprint density at radius 3 is 2.39 bits per heavy atom. The van der Waals surface area contributed by atoms with Gasteiger partial charge in [-0.2, -0.15) is 5.10 Å². The number of hydrogen-bond acceptors (Lipinski definition) is 5. The second kappa shape index (κ2) is 17.4. The summed E-state index contributed by atoms with van der Waals surface area (Å²) in [6, 6.07) is 19.9. The summed E-state index contributed by atoms with van der Waals surface area (Å²) in [7, 11) is 1.95. The van der Waals surface area contributed by atoms with Crippen molar-refractivity contribution in [1.82, 2.24) is 23.9 Å². The minimum Gasteiger partial charge on any atom is -0.494 e. The first-order chi connectivity index (χ1) is 29.6. The zero-order valence-electron chi connectivity index (χ0n) is 36.9. The number of Topliss-reactive ketones (excluding diaryl/α,β-unsaturated/α-hetero) is 1. The molecule has 11 heteroatoms. The third-order valence-electron chi connectivity index (χ3n) is 12.9. The molecule has 0 spiro atoms. The summed E-state index contributed by atoms with van der Waals surface area (Å²) in [4.78, 5) is 32.2. The molecular formula is C51H55Cl2N5O4. The Labute approximate surface area is 373 Å². The number of carboxylic acids is 1. The zero-order valence-corrected chi connectivity index (χ0v) is 38.4. The van der Waals surface area contributed by atoms with Crippen molar-refractivity contribution in [3.63, 3.8) is 0 Å². The molecule has 0 saturated heterocycles. The maximum atomic E-state index is 15.0. The number of fused-ring (bicyclic) bond motifs is 4. The van der Waals surface area contributed by atoms with Crippen LogP contribution in [0, 0.1) is 33.6 Å². The first-order valence-electron chi connectivity index (χ1n) is 21.7. The number of hydrogen-bond donors (Lipinski definition) is 1. The third-order valence-corrected chi connectivity index (χ3v) is 13.8. The molecule has 0 aliphatic carbocycles. The van der Waals surface area contributed by atoms with Gasteiger partial charge in [-0.15, -0.1) is 0 Å². The second-order valence-electron chi connectivity index (χ2n) is 17.6. The summed E-state index contributed by atoms with van der Waals surface area (Å²) in [5.41, 5.74) is 12.7. The fourth-order valence-corrected chi connectivity index (χ4v) is 10.3. The summed E-state index contributed by atoms with van der Waals surface area (Å²) < 4.78 is 12.4. The highest BCUT2D eigenvalue weighted by Crippen LogP contribution is 2.46. The van der Waals surface area contributed by atoms with Gasteiger partial charge in [0.25, 0.3) is 0 Å². The quantitative estimate of drug-likeness (QED) is 0.116. The van der Waals surface area contributed by atoms with Gasteiger partial charge in [-0.05, 0) is 149 Å². The summed E-state index contributed by atoms with van der Waals surface area (Å²) in [6.45, 7) is 15.4.